The summed E-state index contributed by atoms with van der Waals surface area (Å²) in [5.41, 5.74) is 2.35. The average Bonchev–Trinajstić information content (AvgIpc) is 2.45. The number of rotatable bonds is 5. The van der Waals surface area contributed by atoms with Crippen molar-refractivity contribution < 1.29 is 4.74 Å². The van der Waals surface area contributed by atoms with Crippen molar-refractivity contribution in [3.8, 4) is 17.0 Å². The molecule has 0 aliphatic heterocycles. The van der Waals surface area contributed by atoms with E-state index in [1.807, 2.05) is 36.4 Å². The summed E-state index contributed by atoms with van der Waals surface area (Å²) >= 11 is 4.12. The van der Waals surface area contributed by atoms with Crippen molar-refractivity contribution in [1.82, 2.24) is 4.98 Å². The highest BCUT2D eigenvalue weighted by atomic mass is 32.1. The van der Waals surface area contributed by atoms with Gasteiger partial charge in [-0.15, -0.1) is 0 Å². The highest BCUT2D eigenvalue weighted by Crippen LogP contribution is 2.20. The molecule has 0 saturated carbocycles. The largest absolute Gasteiger partial charge is 0.493 e. The van der Waals surface area contributed by atoms with Crippen molar-refractivity contribution in [2.45, 2.75) is 19.6 Å². The summed E-state index contributed by atoms with van der Waals surface area (Å²) in [7, 11) is 0. The summed E-state index contributed by atoms with van der Waals surface area (Å²) in [6.07, 6.45) is 0. The van der Waals surface area contributed by atoms with Crippen LogP contribution in [0, 0.1) is 5.92 Å². The Labute approximate surface area is 124 Å². The normalized spacial score (nSPS) is 10.8. The molecule has 1 aromatic carbocycles. The second-order valence-electron chi connectivity index (χ2n) is 5.11. The van der Waals surface area contributed by atoms with Gasteiger partial charge < -0.3 is 9.72 Å². The number of pyridine rings is 1. The van der Waals surface area contributed by atoms with Crippen molar-refractivity contribution >= 4 is 12.6 Å². The Balaban J connectivity index is 2.17. The first-order chi connectivity index (χ1) is 9.60. The van der Waals surface area contributed by atoms with E-state index < -0.39 is 0 Å². The van der Waals surface area contributed by atoms with E-state index in [4.69, 9.17) is 4.74 Å². The van der Waals surface area contributed by atoms with Crippen LogP contribution in [0.2, 0.25) is 0 Å². The second kappa shape index (κ2) is 6.66. The maximum absolute atomic E-state index is 11.8. The summed E-state index contributed by atoms with van der Waals surface area (Å²) in [5, 5.41) is 0. The molecule has 0 aliphatic rings. The van der Waals surface area contributed by atoms with E-state index in [2.05, 4.69) is 31.5 Å². The molecule has 0 saturated heterocycles. The van der Waals surface area contributed by atoms with E-state index in [0.29, 0.717) is 23.8 Å². The third-order valence-electron chi connectivity index (χ3n) is 2.91. The third-order valence-corrected chi connectivity index (χ3v) is 3.25. The van der Waals surface area contributed by atoms with Crippen LogP contribution in [0.3, 0.4) is 0 Å². The molecule has 0 spiro atoms. The Morgan fingerprint density at radius 1 is 1.15 bits per heavy atom. The minimum atomic E-state index is -0.0855. The zero-order chi connectivity index (χ0) is 14.5. The van der Waals surface area contributed by atoms with E-state index in [9.17, 15) is 4.79 Å². The molecule has 20 heavy (non-hydrogen) atoms. The first kappa shape index (κ1) is 14.7. The predicted molar refractivity (Wildman–Crippen MR) is 85.5 cm³/mol. The van der Waals surface area contributed by atoms with Crippen LogP contribution in [0.4, 0.5) is 0 Å². The molecule has 1 N–H and O–H groups in total. The van der Waals surface area contributed by atoms with Gasteiger partial charge >= 0.3 is 0 Å². The predicted octanol–water partition coefficient (Wildman–Crippen LogP) is 3.51. The highest BCUT2D eigenvalue weighted by Gasteiger charge is 2.03. The number of ether oxygens (including phenoxy) is 1. The number of nitrogens with one attached hydrogen (secondary N) is 1. The topological polar surface area (TPSA) is 42.1 Å². The van der Waals surface area contributed by atoms with Crippen LogP contribution >= 0.6 is 12.6 Å². The van der Waals surface area contributed by atoms with Crippen molar-refractivity contribution in [1.29, 1.82) is 0 Å². The summed E-state index contributed by atoms with van der Waals surface area (Å²) in [4.78, 5) is 14.6. The first-order valence-electron chi connectivity index (χ1n) is 6.66. The third kappa shape index (κ3) is 3.67. The molecule has 0 radical (unpaired) electrons. The SMILES string of the molecule is CC(C)COc1ccc(-c2ccc(CS)c(=O)[nH]2)cc1. The molecular formula is C16H19NO2S. The van der Waals surface area contributed by atoms with Crippen molar-refractivity contribution in [2.75, 3.05) is 6.61 Å². The monoisotopic (exact) mass is 289 g/mol. The molecule has 0 amide bonds. The lowest BCUT2D eigenvalue weighted by Crippen LogP contribution is -2.11. The Morgan fingerprint density at radius 3 is 2.40 bits per heavy atom. The van der Waals surface area contributed by atoms with Crippen LogP contribution < -0.4 is 10.3 Å². The quantitative estimate of drug-likeness (QED) is 0.827. The number of thiol groups is 1. The van der Waals surface area contributed by atoms with Gasteiger partial charge in [0, 0.05) is 17.0 Å². The van der Waals surface area contributed by atoms with E-state index in [-0.39, 0.29) is 5.56 Å². The molecule has 106 valence electrons. The molecule has 0 aliphatic carbocycles. The Bertz CT molecular complexity index is 617. The number of hydrogen-bond acceptors (Lipinski definition) is 3. The van der Waals surface area contributed by atoms with E-state index in [0.717, 1.165) is 17.0 Å². The van der Waals surface area contributed by atoms with Gasteiger partial charge in [-0.1, -0.05) is 19.9 Å². The van der Waals surface area contributed by atoms with Gasteiger partial charge in [-0.05, 0) is 41.8 Å². The van der Waals surface area contributed by atoms with E-state index in [1.54, 1.807) is 0 Å². The fraction of sp³-hybridized carbons (Fsp3) is 0.312. The van der Waals surface area contributed by atoms with Gasteiger partial charge in [0.15, 0.2) is 0 Å². The first-order valence-corrected chi connectivity index (χ1v) is 7.29. The van der Waals surface area contributed by atoms with E-state index >= 15 is 0 Å². The number of aromatic nitrogens is 1. The molecule has 1 heterocycles. The molecule has 4 heteroatoms. The van der Waals surface area contributed by atoms with Crippen LogP contribution in [0.15, 0.2) is 41.2 Å². The Kier molecular flexibility index (Phi) is 4.90. The molecule has 0 fully saturated rings. The highest BCUT2D eigenvalue weighted by molar-refractivity contribution is 7.79. The number of aromatic amines is 1. The van der Waals surface area contributed by atoms with Crippen LogP contribution in [0.5, 0.6) is 5.75 Å². The van der Waals surface area contributed by atoms with Gasteiger partial charge in [0.25, 0.3) is 5.56 Å². The smallest absolute Gasteiger partial charge is 0.252 e. The summed E-state index contributed by atoms with van der Waals surface area (Å²) < 4.78 is 5.64. The molecule has 0 atom stereocenters. The standard InChI is InChI=1S/C16H19NO2S/c1-11(2)9-19-14-6-3-12(4-7-14)15-8-5-13(10-20)16(18)17-15/h3-8,11,20H,9-10H2,1-2H3,(H,17,18). The van der Waals surface area contributed by atoms with Crippen LogP contribution in [0.1, 0.15) is 19.4 Å². The molecule has 0 unspecified atom stereocenters. The number of benzene rings is 1. The molecule has 2 rings (SSSR count). The van der Waals surface area contributed by atoms with Gasteiger partial charge in [0.1, 0.15) is 5.75 Å². The van der Waals surface area contributed by atoms with Gasteiger partial charge in [0.2, 0.25) is 0 Å². The lowest BCUT2D eigenvalue weighted by atomic mass is 10.1. The Hall–Kier alpha value is -1.68. The molecular weight excluding hydrogens is 270 g/mol. The average molecular weight is 289 g/mol. The van der Waals surface area contributed by atoms with Crippen LogP contribution in [-0.2, 0) is 5.75 Å². The number of H-pyrrole nitrogens is 1. The fourth-order valence-electron chi connectivity index (χ4n) is 1.79. The lowest BCUT2D eigenvalue weighted by molar-refractivity contribution is 0.271. The maximum Gasteiger partial charge on any atom is 0.252 e. The molecule has 1 aromatic heterocycles. The van der Waals surface area contributed by atoms with Gasteiger partial charge in [-0.3, -0.25) is 4.79 Å². The van der Waals surface area contributed by atoms with Gasteiger partial charge in [-0.25, -0.2) is 0 Å². The van der Waals surface area contributed by atoms with Gasteiger partial charge in [-0.2, -0.15) is 12.6 Å². The van der Waals surface area contributed by atoms with Gasteiger partial charge in [0.05, 0.1) is 6.61 Å². The van der Waals surface area contributed by atoms with Crippen molar-refractivity contribution in [3.63, 3.8) is 0 Å². The zero-order valence-corrected chi connectivity index (χ0v) is 12.6. The minimum absolute atomic E-state index is 0.0855. The zero-order valence-electron chi connectivity index (χ0n) is 11.7. The number of hydrogen-bond donors (Lipinski definition) is 2. The Morgan fingerprint density at radius 2 is 1.85 bits per heavy atom. The van der Waals surface area contributed by atoms with Crippen molar-refractivity contribution in [2.24, 2.45) is 5.92 Å². The summed E-state index contributed by atoms with van der Waals surface area (Å²) in [6.45, 7) is 4.93. The summed E-state index contributed by atoms with van der Waals surface area (Å²) in [5.74, 6) is 1.79. The second-order valence-corrected chi connectivity index (χ2v) is 5.43. The molecule has 0 bridgehead atoms. The maximum atomic E-state index is 11.8. The lowest BCUT2D eigenvalue weighted by Gasteiger charge is -2.09. The minimum Gasteiger partial charge on any atom is -0.493 e. The van der Waals surface area contributed by atoms with Crippen molar-refractivity contribution in [3.05, 3.63) is 52.3 Å². The molecule has 3 nitrogen and oxygen atoms in total. The van der Waals surface area contributed by atoms with Crippen LogP contribution in [0.25, 0.3) is 11.3 Å². The van der Waals surface area contributed by atoms with E-state index in [1.165, 1.54) is 0 Å². The fourth-order valence-corrected chi connectivity index (χ4v) is 2.04. The molecule has 2 aromatic rings. The summed E-state index contributed by atoms with van der Waals surface area (Å²) in [6, 6.07) is 11.4. The van der Waals surface area contributed by atoms with Crippen LogP contribution in [-0.4, -0.2) is 11.6 Å².